The topological polar surface area (TPSA) is 42.3 Å². The van der Waals surface area contributed by atoms with Crippen LogP contribution in [0.1, 0.15) is 67.9 Å². The highest BCUT2D eigenvalue weighted by Crippen LogP contribution is 2.40. The number of rotatable bonds is 5. The number of aromatic nitrogens is 2. The molecule has 2 aromatic rings. The highest BCUT2D eigenvalue weighted by Gasteiger charge is 2.41. The third-order valence-electron chi connectivity index (χ3n) is 6.45. The van der Waals surface area contributed by atoms with Crippen molar-refractivity contribution in [3.05, 3.63) is 54.1 Å². The summed E-state index contributed by atoms with van der Waals surface area (Å²) in [6, 6.07) is 9.25. The Morgan fingerprint density at radius 1 is 1.14 bits per heavy atom. The van der Waals surface area contributed by atoms with Crippen LogP contribution in [0, 0.1) is 0 Å². The predicted octanol–water partition coefficient (Wildman–Crippen LogP) is 4.15. The molecule has 4 heterocycles. The van der Waals surface area contributed by atoms with Crippen LogP contribution in [-0.4, -0.2) is 38.8 Å². The molecule has 0 aromatic carbocycles. The summed E-state index contributed by atoms with van der Waals surface area (Å²) in [6.45, 7) is 1.71. The summed E-state index contributed by atoms with van der Waals surface area (Å²) in [5, 5.41) is 4.36. The molecule has 0 bridgehead atoms. The van der Waals surface area contributed by atoms with Gasteiger partial charge in [0.05, 0.1) is 23.9 Å². The quantitative estimate of drug-likeness (QED) is 0.769. The number of nitrogens with zero attached hydrogens (tertiary/aromatic N) is 3. The molecule has 0 radical (unpaired) electrons. The maximum absolute atomic E-state index is 5.92. The molecule has 0 amide bonds. The van der Waals surface area contributed by atoms with Crippen LogP contribution in [-0.2, 0) is 4.74 Å². The minimum Gasteiger partial charge on any atom is -0.376 e. The van der Waals surface area contributed by atoms with E-state index >= 15 is 0 Å². The van der Waals surface area contributed by atoms with Gasteiger partial charge in [0.1, 0.15) is 0 Å². The molecule has 1 N–H and O–H groups in total. The fourth-order valence-electron chi connectivity index (χ4n) is 5.01. The van der Waals surface area contributed by atoms with Crippen molar-refractivity contribution in [2.45, 2.75) is 62.8 Å². The van der Waals surface area contributed by atoms with Crippen molar-refractivity contribution in [1.29, 1.82) is 0 Å². The Kier molecular flexibility index (Phi) is 5.07. The van der Waals surface area contributed by atoms with E-state index in [0.29, 0.717) is 6.04 Å². The van der Waals surface area contributed by atoms with Gasteiger partial charge in [-0.2, -0.15) is 0 Å². The molecule has 2 aliphatic heterocycles. The summed E-state index contributed by atoms with van der Waals surface area (Å²) < 4.78 is 8.35. The summed E-state index contributed by atoms with van der Waals surface area (Å²) in [5.41, 5.74) is 2.35. The van der Waals surface area contributed by atoms with Gasteiger partial charge in [-0.3, -0.25) is 4.98 Å². The predicted molar refractivity (Wildman–Crippen MR) is 113 cm³/mol. The Bertz CT molecular complexity index is 811. The molecule has 0 spiro atoms. The SMILES string of the molecule is S=C1N[C@@H](c2ccccn2)[C@H](c2ccn(C3CCCC3)c2)N1C[C@@H]1CCCO1. The van der Waals surface area contributed by atoms with E-state index in [1.165, 1.54) is 31.2 Å². The van der Waals surface area contributed by atoms with Gasteiger partial charge in [0.15, 0.2) is 5.11 Å². The molecule has 3 atom stereocenters. The van der Waals surface area contributed by atoms with Crippen molar-refractivity contribution in [1.82, 2.24) is 19.8 Å². The number of ether oxygens (including phenoxy) is 1. The molecular weight excluding hydrogens is 368 g/mol. The van der Waals surface area contributed by atoms with Crippen molar-refractivity contribution < 1.29 is 4.74 Å². The number of nitrogens with one attached hydrogen (secondary N) is 1. The summed E-state index contributed by atoms with van der Waals surface area (Å²) in [5.74, 6) is 0. The zero-order valence-corrected chi connectivity index (χ0v) is 17.0. The number of hydrogen-bond acceptors (Lipinski definition) is 3. The lowest BCUT2D eigenvalue weighted by Gasteiger charge is -2.29. The summed E-state index contributed by atoms with van der Waals surface area (Å²) in [4.78, 5) is 6.97. The van der Waals surface area contributed by atoms with Crippen LogP contribution in [0.4, 0.5) is 0 Å². The van der Waals surface area contributed by atoms with Crippen molar-refractivity contribution in [2.24, 2.45) is 0 Å². The highest BCUT2D eigenvalue weighted by atomic mass is 32.1. The zero-order chi connectivity index (χ0) is 18.9. The lowest BCUT2D eigenvalue weighted by Crippen LogP contribution is -2.36. The van der Waals surface area contributed by atoms with Crippen LogP contribution in [0.15, 0.2) is 42.9 Å². The number of hydrogen-bond donors (Lipinski definition) is 1. The lowest BCUT2D eigenvalue weighted by atomic mass is 9.99. The molecule has 5 nitrogen and oxygen atoms in total. The standard InChI is InChI=1S/C22H28N4OS/c28-22-24-20(19-9-3-4-11-23-19)21(26(22)15-18-8-5-13-27-18)16-10-12-25(14-16)17-6-1-2-7-17/h3-4,9-12,14,17-18,20-21H,1-2,5-8,13,15H2,(H,24,28)/t18-,20-,21-/m0/s1. The Morgan fingerprint density at radius 3 is 2.79 bits per heavy atom. The van der Waals surface area contributed by atoms with Crippen LogP contribution < -0.4 is 5.32 Å². The molecule has 2 aromatic heterocycles. The molecule has 2 saturated heterocycles. The monoisotopic (exact) mass is 396 g/mol. The van der Waals surface area contributed by atoms with Gasteiger partial charge in [-0.15, -0.1) is 0 Å². The van der Waals surface area contributed by atoms with E-state index in [9.17, 15) is 0 Å². The minimum absolute atomic E-state index is 0.0644. The third kappa shape index (κ3) is 3.44. The van der Waals surface area contributed by atoms with Crippen LogP contribution in [0.3, 0.4) is 0 Å². The molecule has 6 heteroatoms. The van der Waals surface area contributed by atoms with Crippen LogP contribution in [0.2, 0.25) is 0 Å². The average molecular weight is 397 g/mol. The Hall–Kier alpha value is -1.92. The van der Waals surface area contributed by atoms with Crippen LogP contribution in [0.25, 0.3) is 0 Å². The van der Waals surface area contributed by atoms with Crippen molar-refractivity contribution in [2.75, 3.05) is 13.2 Å². The average Bonchev–Trinajstić information content (AvgIpc) is 3.51. The summed E-state index contributed by atoms with van der Waals surface area (Å²) in [6.07, 6.45) is 14.3. The van der Waals surface area contributed by atoms with Gasteiger partial charge < -0.3 is 19.5 Å². The van der Waals surface area contributed by atoms with Gasteiger partial charge in [-0.1, -0.05) is 18.9 Å². The minimum atomic E-state index is 0.0644. The van der Waals surface area contributed by atoms with Gasteiger partial charge in [0.2, 0.25) is 0 Å². The lowest BCUT2D eigenvalue weighted by molar-refractivity contribution is 0.0842. The summed E-state index contributed by atoms with van der Waals surface area (Å²) >= 11 is 5.77. The third-order valence-corrected chi connectivity index (χ3v) is 6.80. The maximum Gasteiger partial charge on any atom is 0.170 e. The van der Waals surface area contributed by atoms with E-state index in [0.717, 1.165) is 36.8 Å². The Morgan fingerprint density at radius 2 is 2.04 bits per heavy atom. The highest BCUT2D eigenvalue weighted by molar-refractivity contribution is 7.80. The first-order chi connectivity index (χ1) is 13.8. The van der Waals surface area contributed by atoms with Gasteiger partial charge >= 0.3 is 0 Å². The molecule has 1 saturated carbocycles. The second-order valence-corrected chi connectivity index (χ2v) is 8.63. The Labute approximate surface area is 172 Å². The van der Waals surface area contributed by atoms with Crippen molar-refractivity contribution >= 4 is 17.3 Å². The van der Waals surface area contributed by atoms with Gasteiger partial charge in [-0.25, -0.2) is 0 Å². The van der Waals surface area contributed by atoms with E-state index in [1.54, 1.807) is 0 Å². The molecule has 3 aliphatic rings. The fraction of sp³-hybridized carbons (Fsp3) is 0.545. The molecule has 28 heavy (non-hydrogen) atoms. The first-order valence-corrected chi connectivity index (χ1v) is 11.0. The van der Waals surface area contributed by atoms with Gasteiger partial charge in [-0.05, 0) is 61.7 Å². The van der Waals surface area contributed by atoms with E-state index in [-0.39, 0.29) is 18.2 Å². The maximum atomic E-state index is 5.92. The molecular formula is C22H28N4OS. The number of pyridine rings is 1. The van der Waals surface area contributed by atoms with E-state index in [1.807, 2.05) is 12.3 Å². The van der Waals surface area contributed by atoms with Crippen LogP contribution >= 0.6 is 12.2 Å². The molecule has 148 valence electrons. The van der Waals surface area contributed by atoms with Crippen molar-refractivity contribution in [3.8, 4) is 0 Å². The van der Waals surface area contributed by atoms with E-state index in [4.69, 9.17) is 17.0 Å². The first-order valence-electron chi connectivity index (χ1n) is 10.6. The second kappa shape index (κ2) is 7.84. The summed E-state index contributed by atoms with van der Waals surface area (Å²) in [7, 11) is 0. The largest absolute Gasteiger partial charge is 0.376 e. The number of thiocarbonyl (C=S) groups is 1. The van der Waals surface area contributed by atoms with Crippen molar-refractivity contribution in [3.63, 3.8) is 0 Å². The fourth-order valence-corrected chi connectivity index (χ4v) is 5.32. The smallest absolute Gasteiger partial charge is 0.170 e. The van der Waals surface area contributed by atoms with E-state index in [2.05, 4.69) is 50.4 Å². The molecule has 0 unspecified atom stereocenters. The zero-order valence-electron chi connectivity index (χ0n) is 16.2. The molecule has 5 rings (SSSR count). The van der Waals surface area contributed by atoms with E-state index < -0.39 is 0 Å². The first kappa shape index (κ1) is 18.1. The van der Waals surface area contributed by atoms with Gasteiger partial charge in [0.25, 0.3) is 0 Å². The van der Waals surface area contributed by atoms with Crippen LogP contribution in [0.5, 0.6) is 0 Å². The van der Waals surface area contributed by atoms with Gasteiger partial charge in [0, 0.05) is 37.8 Å². The normalized spacial score (nSPS) is 28.2. The molecule has 3 fully saturated rings. The Balaban J connectivity index is 1.47. The molecule has 1 aliphatic carbocycles. The second-order valence-electron chi connectivity index (χ2n) is 8.24.